The monoisotopic (exact) mass is 338 g/mol. The molecule has 0 amide bonds. The van der Waals surface area contributed by atoms with Crippen molar-refractivity contribution in [3.05, 3.63) is 46.6 Å². The molecule has 0 saturated carbocycles. The molecule has 0 aliphatic heterocycles. The number of nitrogens with one attached hydrogen (secondary N) is 1. The van der Waals surface area contributed by atoms with Crippen LogP contribution in [0, 0.1) is 6.92 Å². The molecule has 0 aliphatic carbocycles. The highest BCUT2D eigenvalue weighted by atomic mass is 32.1. The van der Waals surface area contributed by atoms with Crippen molar-refractivity contribution in [2.24, 2.45) is 0 Å². The van der Waals surface area contributed by atoms with Crippen LogP contribution in [0.15, 0.2) is 30.3 Å². The third kappa shape index (κ3) is 2.56. The summed E-state index contributed by atoms with van der Waals surface area (Å²) in [6, 6.07) is 9.75. The zero-order valence-electron chi connectivity index (χ0n) is 13.1. The van der Waals surface area contributed by atoms with Crippen molar-refractivity contribution in [1.29, 1.82) is 0 Å². The van der Waals surface area contributed by atoms with E-state index in [-0.39, 0.29) is 0 Å². The Bertz CT molecular complexity index is 1030. The molecule has 0 bridgehead atoms. The molecule has 120 valence electrons. The predicted molar refractivity (Wildman–Crippen MR) is 92.9 cm³/mol. The van der Waals surface area contributed by atoms with E-state index in [0.29, 0.717) is 5.82 Å². The number of aromatic amines is 1. The quantitative estimate of drug-likeness (QED) is 0.618. The molecule has 3 aromatic heterocycles. The van der Waals surface area contributed by atoms with Crippen LogP contribution in [0.1, 0.15) is 16.3 Å². The number of nitrogens with zero attached hydrogens (tertiary/aromatic N) is 5. The lowest BCUT2D eigenvalue weighted by Gasteiger charge is -2.02. The molecule has 24 heavy (non-hydrogen) atoms. The van der Waals surface area contributed by atoms with Gasteiger partial charge in [-0.05, 0) is 31.2 Å². The molecule has 0 atom stereocenters. The van der Waals surface area contributed by atoms with E-state index in [9.17, 15) is 0 Å². The van der Waals surface area contributed by atoms with Crippen LogP contribution in [0.25, 0.3) is 28.6 Å². The lowest BCUT2D eigenvalue weighted by atomic mass is 10.2. The van der Waals surface area contributed by atoms with Crippen molar-refractivity contribution in [2.45, 2.75) is 6.92 Å². The Labute approximate surface area is 141 Å². The number of rotatable bonds is 4. The molecule has 3 heterocycles. The summed E-state index contributed by atoms with van der Waals surface area (Å²) in [5.74, 6) is 1.45. The number of hydrogen-bond donors (Lipinski definition) is 1. The van der Waals surface area contributed by atoms with E-state index in [2.05, 4.69) is 25.5 Å². The highest BCUT2D eigenvalue weighted by Gasteiger charge is 2.14. The van der Waals surface area contributed by atoms with Crippen LogP contribution in [0.2, 0.25) is 0 Å². The summed E-state index contributed by atoms with van der Waals surface area (Å²) in [5, 5.41) is 20.8. The minimum Gasteiger partial charge on any atom is -0.496 e. The Morgan fingerprint density at radius 1 is 1.21 bits per heavy atom. The zero-order valence-corrected chi connectivity index (χ0v) is 13.9. The van der Waals surface area contributed by atoms with Crippen LogP contribution < -0.4 is 4.74 Å². The maximum absolute atomic E-state index is 5.35. The van der Waals surface area contributed by atoms with Crippen LogP contribution in [-0.2, 0) is 0 Å². The minimum atomic E-state index is 0.627. The topological polar surface area (TPSA) is 81.0 Å². The van der Waals surface area contributed by atoms with Crippen LogP contribution in [0.3, 0.4) is 0 Å². The molecule has 0 saturated heterocycles. The van der Waals surface area contributed by atoms with E-state index in [0.717, 1.165) is 32.7 Å². The van der Waals surface area contributed by atoms with Gasteiger partial charge in [0, 0.05) is 11.3 Å². The Morgan fingerprint density at radius 3 is 2.88 bits per heavy atom. The number of H-pyrrole nitrogens is 1. The first-order valence-electron chi connectivity index (χ1n) is 7.30. The fourth-order valence-electron chi connectivity index (χ4n) is 2.36. The normalized spacial score (nSPS) is 11.6. The number of para-hydroxylation sites is 1. The highest BCUT2D eigenvalue weighted by molar-refractivity contribution is 7.17. The van der Waals surface area contributed by atoms with Gasteiger partial charge in [-0.15, -0.1) is 10.2 Å². The summed E-state index contributed by atoms with van der Waals surface area (Å²) in [6.45, 7) is 1.94. The van der Waals surface area contributed by atoms with Crippen LogP contribution >= 0.6 is 11.3 Å². The highest BCUT2D eigenvalue weighted by Crippen LogP contribution is 2.23. The van der Waals surface area contributed by atoms with Crippen LogP contribution in [-0.4, -0.2) is 37.1 Å². The number of benzene rings is 1. The predicted octanol–water partition coefficient (Wildman–Crippen LogP) is 3.06. The van der Waals surface area contributed by atoms with Gasteiger partial charge in [0.15, 0.2) is 0 Å². The summed E-state index contributed by atoms with van der Waals surface area (Å²) in [6.07, 6.45) is 3.92. The first kappa shape index (κ1) is 14.6. The average molecular weight is 338 g/mol. The summed E-state index contributed by atoms with van der Waals surface area (Å²) < 4.78 is 7.06. The van der Waals surface area contributed by atoms with Gasteiger partial charge in [0.25, 0.3) is 0 Å². The van der Waals surface area contributed by atoms with Gasteiger partial charge in [-0.1, -0.05) is 29.5 Å². The lowest BCUT2D eigenvalue weighted by molar-refractivity contribution is 0.414. The van der Waals surface area contributed by atoms with Gasteiger partial charge in [0.1, 0.15) is 16.5 Å². The van der Waals surface area contributed by atoms with Gasteiger partial charge >= 0.3 is 0 Å². The molecule has 1 N–H and O–H groups in total. The lowest BCUT2D eigenvalue weighted by Crippen LogP contribution is -1.91. The summed E-state index contributed by atoms with van der Waals surface area (Å²) in [4.78, 5) is 0.727. The van der Waals surface area contributed by atoms with E-state index in [4.69, 9.17) is 4.74 Å². The maximum Gasteiger partial charge on any atom is 0.235 e. The van der Waals surface area contributed by atoms with Crippen molar-refractivity contribution >= 4 is 28.4 Å². The van der Waals surface area contributed by atoms with Crippen molar-refractivity contribution in [3.8, 4) is 17.3 Å². The van der Waals surface area contributed by atoms with Gasteiger partial charge in [-0.3, -0.25) is 5.10 Å². The molecular formula is C16H14N6OS. The van der Waals surface area contributed by atoms with Crippen LogP contribution in [0.5, 0.6) is 5.75 Å². The van der Waals surface area contributed by atoms with Crippen molar-refractivity contribution in [3.63, 3.8) is 0 Å². The molecule has 1 aromatic carbocycles. The van der Waals surface area contributed by atoms with Gasteiger partial charge in [0.05, 0.1) is 7.11 Å². The SMILES string of the molecule is COc1ccccc1/C=C/c1nn2c(-c3cc(C)[nH]n3)nnc2s1. The van der Waals surface area contributed by atoms with Crippen molar-refractivity contribution < 1.29 is 4.74 Å². The second kappa shape index (κ2) is 5.89. The van der Waals surface area contributed by atoms with E-state index in [1.807, 2.05) is 49.4 Å². The summed E-state index contributed by atoms with van der Waals surface area (Å²) >= 11 is 1.46. The summed E-state index contributed by atoms with van der Waals surface area (Å²) in [5.41, 5.74) is 2.69. The number of methoxy groups -OCH3 is 1. The molecule has 4 aromatic rings. The largest absolute Gasteiger partial charge is 0.496 e. The standard InChI is InChI=1S/C16H14N6OS/c1-10-9-12(18-17-10)15-19-20-16-22(15)21-14(24-16)8-7-11-5-3-4-6-13(11)23-2/h3-9H,1-2H3,(H,17,18)/b8-7+. The molecule has 7 nitrogen and oxygen atoms in total. The van der Waals surface area contributed by atoms with Gasteiger partial charge in [0.2, 0.25) is 10.8 Å². The number of aryl methyl sites for hydroxylation is 1. The van der Waals surface area contributed by atoms with E-state index < -0.39 is 0 Å². The Kier molecular flexibility index (Phi) is 3.58. The minimum absolute atomic E-state index is 0.627. The molecule has 0 unspecified atom stereocenters. The Morgan fingerprint density at radius 2 is 2.08 bits per heavy atom. The molecule has 0 aliphatic rings. The first-order valence-corrected chi connectivity index (χ1v) is 8.12. The molecule has 4 rings (SSSR count). The smallest absolute Gasteiger partial charge is 0.235 e. The summed E-state index contributed by atoms with van der Waals surface area (Å²) in [7, 11) is 1.66. The Balaban J connectivity index is 1.69. The number of hydrogen-bond acceptors (Lipinski definition) is 6. The third-order valence-corrected chi connectivity index (χ3v) is 4.35. The fourth-order valence-corrected chi connectivity index (χ4v) is 3.10. The average Bonchev–Trinajstić information content (AvgIpc) is 3.28. The molecule has 8 heteroatoms. The Hall–Kier alpha value is -3.00. The van der Waals surface area contributed by atoms with Crippen LogP contribution in [0.4, 0.5) is 0 Å². The molecular weight excluding hydrogens is 324 g/mol. The van der Waals surface area contributed by atoms with Crippen molar-refractivity contribution in [1.82, 2.24) is 30.0 Å². The molecule has 0 fully saturated rings. The van der Waals surface area contributed by atoms with E-state index in [1.54, 1.807) is 11.6 Å². The van der Waals surface area contributed by atoms with Gasteiger partial charge < -0.3 is 4.74 Å². The maximum atomic E-state index is 5.35. The third-order valence-electron chi connectivity index (χ3n) is 3.49. The zero-order chi connectivity index (χ0) is 16.5. The van der Waals surface area contributed by atoms with Crippen molar-refractivity contribution in [2.75, 3.05) is 7.11 Å². The molecule has 0 spiro atoms. The fraction of sp³-hybridized carbons (Fsp3) is 0.125. The second-order valence-corrected chi connectivity index (χ2v) is 6.16. The number of fused-ring (bicyclic) bond motifs is 1. The number of aromatic nitrogens is 6. The van der Waals surface area contributed by atoms with E-state index >= 15 is 0 Å². The molecule has 0 radical (unpaired) electrons. The second-order valence-electron chi connectivity index (χ2n) is 5.17. The van der Waals surface area contributed by atoms with E-state index in [1.165, 1.54) is 11.3 Å². The first-order chi connectivity index (χ1) is 11.7. The van der Waals surface area contributed by atoms with Gasteiger partial charge in [-0.2, -0.15) is 14.7 Å². The number of ether oxygens (including phenoxy) is 1. The van der Waals surface area contributed by atoms with Gasteiger partial charge in [-0.25, -0.2) is 0 Å².